The first-order chi connectivity index (χ1) is 7.74. The average Bonchev–Trinajstić information content (AvgIpc) is 2.75. The molecule has 1 aromatic heterocycles. The summed E-state index contributed by atoms with van der Waals surface area (Å²) in [6.45, 7) is 0. The van der Waals surface area contributed by atoms with E-state index in [2.05, 4.69) is 5.16 Å². The molecule has 84 valence electrons. The fraction of sp³-hybridized carbons (Fsp3) is 0.182. The van der Waals surface area contributed by atoms with Gasteiger partial charge in [0.25, 0.3) is 0 Å². The highest BCUT2D eigenvalue weighted by atomic mass is 32.2. The third-order valence-corrected chi connectivity index (χ3v) is 2.96. The first kappa shape index (κ1) is 10.9. The summed E-state index contributed by atoms with van der Waals surface area (Å²) in [4.78, 5) is 1.05. The molecule has 0 aliphatic carbocycles. The highest BCUT2D eigenvalue weighted by Gasteiger charge is 2.08. The number of benzene rings is 1. The predicted octanol–water partition coefficient (Wildman–Crippen LogP) is 2.65. The molecule has 0 atom stereocenters. The molecule has 2 rings (SSSR count). The Kier molecular flexibility index (Phi) is 3.05. The Morgan fingerprint density at radius 1 is 1.38 bits per heavy atom. The second-order valence-electron chi connectivity index (χ2n) is 3.19. The Labute approximate surface area is 97.8 Å². The van der Waals surface area contributed by atoms with Gasteiger partial charge in [-0.15, -0.1) is 11.8 Å². The van der Waals surface area contributed by atoms with Crippen LogP contribution in [-0.2, 0) is 0 Å². The molecule has 4 nitrogen and oxygen atoms in total. The third kappa shape index (κ3) is 1.99. The topological polar surface area (TPSA) is 61.3 Å². The van der Waals surface area contributed by atoms with Crippen molar-refractivity contribution in [1.82, 2.24) is 5.16 Å². The van der Waals surface area contributed by atoms with E-state index in [1.807, 2.05) is 24.5 Å². The molecule has 0 aliphatic heterocycles. The summed E-state index contributed by atoms with van der Waals surface area (Å²) in [5, 5.41) is 3.66. The molecule has 1 heterocycles. The number of nitrogens with zero attached hydrogens (tertiary/aromatic N) is 1. The van der Waals surface area contributed by atoms with Gasteiger partial charge in [-0.2, -0.15) is 0 Å². The van der Waals surface area contributed by atoms with E-state index in [-0.39, 0.29) is 0 Å². The second-order valence-corrected chi connectivity index (χ2v) is 4.03. The van der Waals surface area contributed by atoms with Gasteiger partial charge in [0.1, 0.15) is 5.75 Å². The van der Waals surface area contributed by atoms with Crippen LogP contribution < -0.4 is 10.5 Å². The van der Waals surface area contributed by atoms with E-state index in [0.717, 1.165) is 16.2 Å². The second kappa shape index (κ2) is 4.49. The molecule has 0 aliphatic rings. The largest absolute Gasteiger partial charge is 0.496 e. The Balaban J connectivity index is 2.43. The molecule has 0 amide bonds. The summed E-state index contributed by atoms with van der Waals surface area (Å²) in [6, 6.07) is 7.51. The van der Waals surface area contributed by atoms with Crippen molar-refractivity contribution in [2.75, 3.05) is 19.1 Å². The molecule has 0 saturated heterocycles. The first-order valence-electron chi connectivity index (χ1n) is 4.69. The molecule has 1 aromatic carbocycles. The third-order valence-electron chi connectivity index (χ3n) is 2.20. The van der Waals surface area contributed by atoms with Gasteiger partial charge in [-0.25, -0.2) is 0 Å². The average molecular weight is 236 g/mol. The number of anilines is 1. The zero-order chi connectivity index (χ0) is 11.5. The van der Waals surface area contributed by atoms with Crippen LogP contribution in [0, 0.1) is 0 Å². The van der Waals surface area contributed by atoms with Gasteiger partial charge in [0, 0.05) is 16.5 Å². The first-order valence-corrected chi connectivity index (χ1v) is 5.91. The number of methoxy groups -OCH3 is 1. The van der Waals surface area contributed by atoms with Crippen molar-refractivity contribution in [2.45, 2.75) is 4.90 Å². The number of nitrogen functional groups attached to an aromatic ring is 1. The lowest BCUT2D eigenvalue weighted by molar-refractivity contribution is 0.404. The van der Waals surface area contributed by atoms with Crippen molar-refractivity contribution in [2.24, 2.45) is 0 Å². The van der Waals surface area contributed by atoms with Crippen molar-refractivity contribution in [3.05, 3.63) is 24.3 Å². The molecule has 2 N–H and O–H groups in total. The zero-order valence-electron chi connectivity index (χ0n) is 9.06. The molecule has 2 aromatic rings. The van der Waals surface area contributed by atoms with E-state index >= 15 is 0 Å². The highest BCUT2D eigenvalue weighted by Crippen LogP contribution is 2.32. The molecule has 0 unspecified atom stereocenters. The van der Waals surface area contributed by atoms with Gasteiger partial charge in [0.15, 0.2) is 11.6 Å². The minimum Gasteiger partial charge on any atom is -0.496 e. The van der Waals surface area contributed by atoms with Crippen molar-refractivity contribution in [3.63, 3.8) is 0 Å². The number of rotatable bonds is 3. The van der Waals surface area contributed by atoms with Crippen LogP contribution >= 0.6 is 11.8 Å². The van der Waals surface area contributed by atoms with Crippen LogP contribution in [0.4, 0.5) is 5.82 Å². The maximum Gasteiger partial charge on any atom is 0.169 e. The SMILES string of the molecule is COc1ccc(-c2cc(N)no2)cc1SC. The lowest BCUT2D eigenvalue weighted by Gasteiger charge is -2.06. The van der Waals surface area contributed by atoms with E-state index in [1.54, 1.807) is 24.9 Å². The fourth-order valence-electron chi connectivity index (χ4n) is 1.41. The number of hydrogen-bond acceptors (Lipinski definition) is 5. The summed E-state index contributed by atoms with van der Waals surface area (Å²) in [5.74, 6) is 1.90. The van der Waals surface area contributed by atoms with Crippen LogP contribution in [0.25, 0.3) is 11.3 Å². The molecule has 0 fully saturated rings. The number of hydrogen-bond donors (Lipinski definition) is 1. The Morgan fingerprint density at radius 3 is 2.75 bits per heavy atom. The molecule has 16 heavy (non-hydrogen) atoms. The summed E-state index contributed by atoms with van der Waals surface area (Å²) in [5.41, 5.74) is 6.45. The lowest BCUT2D eigenvalue weighted by Crippen LogP contribution is -1.86. The molecule has 0 spiro atoms. The molecule has 0 saturated carbocycles. The summed E-state index contributed by atoms with van der Waals surface area (Å²) >= 11 is 1.62. The number of nitrogens with two attached hydrogens (primary N) is 1. The number of aromatic nitrogens is 1. The maximum absolute atomic E-state index is 5.51. The fourth-order valence-corrected chi connectivity index (χ4v) is 2.01. The minimum atomic E-state index is 0.386. The van der Waals surface area contributed by atoms with Crippen LogP contribution in [0.5, 0.6) is 5.75 Å². The van der Waals surface area contributed by atoms with Crippen molar-refractivity contribution >= 4 is 17.6 Å². The Morgan fingerprint density at radius 2 is 2.19 bits per heavy atom. The van der Waals surface area contributed by atoms with Crippen LogP contribution in [0.2, 0.25) is 0 Å². The lowest BCUT2D eigenvalue weighted by atomic mass is 10.1. The van der Waals surface area contributed by atoms with Gasteiger partial charge in [-0.1, -0.05) is 5.16 Å². The smallest absolute Gasteiger partial charge is 0.169 e. The van der Waals surface area contributed by atoms with Gasteiger partial charge < -0.3 is 15.0 Å². The zero-order valence-corrected chi connectivity index (χ0v) is 9.88. The minimum absolute atomic E-state index is 0.386. The Bertz CT molecular complexity index is 496. The molecule has 5 heteroatoms. The van der Waals surface area contributed by atoms with E-state index < -0.39 is 0 Å². The van der Waals surface area contributed by atoms with Crippen LogP contribution in [0.1, 0.15) is 0 Å². The molecular formula is C11H12N2O2S. The van der Waals surface area contributed by atoms with E-state index in [0.29, 0.717) is 11.6 Å². The number of ether oxygens (including phenoxy) is 1. The van der Waals surface area contributed by atoms with Crippen molar-refractivity contribution < 1.29 is 9.26 Å². The van der Waals surface area contributed by atoms with Crippen LogP contribution in [-0.4, -0.2) is 18.5 Å². The van der Waals surface area contributed by atoms with Crippen molar-refractivity contribution in [3.8, 4) is 17.1 Å². The van der Waals surface area contributed by atoms with Gasteiger partial charge in [-0.05, 0) is 24.5 Å². The quantitative estimate of drug-likeness (QED) is 0.830. The summed E-state index contributed by atoms with van der Waals surface area (Å²) < 4.78 is 10.3. The van der Waals surface area contributed by atoms with Gasteiger partial charge in [0.05, 0.1) is 7.11 Å². The van der Waals surface area contributed by atoms with Gasteiger partial charge >= 0.3 is 0 Å². The van der Waals surface area contributed by atoms with Crippen molar-refractivity contribution in [1.29, 1.82) is 0 Å². The molecular weight excluding hydrogens is 224 g/mol. The number of thioether (sulfide) groups is 1. The molecule has 0 radical (unpaired) electrons. The normalized spacial score (nSPS) is 10.4. The van der Waals surface area contributed by atoms with Gasteiger partial charge in [-0.3, -0.25) is 0 Å². The predicted molar refractivity (Wildman–Crippen MR) is 64.7 cm³/mol. The maximum atomic E-state index is 5.51. The van der Waals surface area contributed by atoms with Gasteiger partial charge in [0.2, 0.25) is 0 Å². The highest BCUT2D eigenvalue weighted by molar-refractivity contribution is 7.98. The molecule has 0 bridgehead atoms. The monoisotopic (exact) mass is 236 g/mol. The van der Waals surface area contributed by atoms with E-state index in [4.69, 9.17) is 15.0 Å². The van der Waals surface area contributed by atoms with Crippen LogP contribution in [0.15, 0.2) is 33.7 Å². The van der Waals surface area contributed by atoms with Crippen LogP contribution in [0.3, 0.4) is 0 Å². The summed E-state index contributed by atoms with van der Waals surface area (Å²) in [7, 11) is 1.65. The van der Waals surface area contributed by atoms with E-state index in [9.17, 15) is 0 Å². The summed E-state index contributed by atoms with van der Waals surface area (Å²) in [6.07, 6.45) is 2.00. The standard InChI is InChI=1S/C11H12N2O2S/c1-14-8-4-3-7(5-10(8)16-2)9-6-11(12)13-15-9/h3-6H,1-2H3,(H2,12,13). The van der Waals surface area contributed by atoms with E-state index in [1.165, 1.54) is 0 Å². The Hall–Kier alpha value is -1.62.